The lowest BCUT2D eigenvalue weighted by Crippen LogP contribution is -3.00. The first-order valence-corrected chi connectivity index (χ1v) is 13.2. The van der Waals surface area contributed by atoms with Crippen molar-refractivity contribution in [2.24, 2.45) is 0 Å². The highest BCUT2D eigenvalue weighted by Gasteiger charge is 2.44. The molecule has 4 rings (SSSR count). The predicted molar refractivity (Wildman–Crippen MR) is 139 cm³/mol. The Morgan fingerprint density at radius 3 is 1.25 bits per heavy atom. The normalized spacial score (nSPS) is 11.1. The number of hydrogen-bond acceptors (Lipinski definition) is 0. The zero-order valence-electron chi connectivity index (χ0n) is 19.3. The van der Waals surface area contributed by atoms with E-state index < -0.39 is 7.26 Å². The van der Waals surface area contributed by atoms with Crippen molar-refractivity contribution in [3.05, 3.63) is 125 Å². The maximum atomic E-state index is 2.38. The number of benzene rings is 4. The van der Waals surface area contributed by atoms with Gasteiger partial charge in [0.05, 0.1) is 6.16 Å². The standard InChI is InChI=1S/C30H32P.BrH/c1-24-11-17-28(18-12-24)31(29-19-13-25(2)14-20-29,30-21-15-26(3)16-22-30)23-7-10-27-8-5-4-6-9-27;/h4-6,8-9,11-22H,7,10,23H2,1-3H3;1H/q+1;/p-1. The molecule has 0 radical (unpaired) electrons. The second-order valence-corrected chi connectivity index (χ2v) is 12.2. The second kappa shape index (κ2) is 11.1. The van der Waals surface area contributed by atoms with Crippen LogP contribution in [0.3, 0.4) is 0 Å². The van der Waals surface area contributed by atoms with E-state index in [0.29, 0.717) is 0 Å². The Morgan fingerprint density at radius 1 is 0.500 bits per heavy atom. The summed E-state index contributed by atoms with van der Waals surface area (Å²) in [5.41, 5.74) is 5.38. The largest absolute Gasteiger partial charge is 1.00 e. The van der Waals surface area contributed by atoms with Gasteiger partial charge in [0, 0.05) is 0 Å². The zero-order valence-corrected chi connectivity index (χ0v) is 21.7. The average Bonchev–Trinajstić information content (AvgIpc) is 2.80. The Bertz CT molecular complexity index is 987. The molecule has 0 aromatic heterocycles. The lowest BCUT2D eigenvalue weighted by molar-refractivity contribution is -0.00000632. The summed E-state index contributed by atoms with van der Waals surface area (Å²) < 4.78 is 0. The highest BCUT2D eigenvalue weighted by Crippen LogP contribution is 2.56. The monoisotopic (exact) mass is 502 g/mol. The third kappa shape index (κ3) is 5.40. The van der Waals surface area contributed by atoms with Gasteiger partial charge in [-0.25, -0.2) is 0 Å². The molecule has 0 N–H and O–H groups in total. The summed E-state index contributed by atoms with van der Waals surface area (Å²) >= 11 is 0. The van der Waals surface area contributed by atoms with Crippen LogP contribution in [-0.4, -0.2) is 6.16 Å². The molecule has 0 saturated carbocycles. The molecule has 0 aliphatic rings. The molecule has 0 atom stereocenters. The molecule has 0 nitrogen and oxygen atoms in total. The van der Waals surface area contributed by atoms with Crippen LogP contribution in [0, 0.1) is 20.8 Å². The van der Waals surface area contributed by atoms with E-state index in [4.69, 9.17) is 0 Å². The number of aryl methyl sites for hydroxylation is 4. The lowest BCUT2D eigenvalue weighted by Gasteiger charge is -2.28. The molecule has 0 bridgehead atoms. The van der Waals surface area contributed by atoms with Crippen molar-refractivity contribution >= 4 is 23.2 Å². The summed E-state index contributed by atoms with van der Waals surface area (Å²) in [7, 11) is -1.75. The fourth-order valence-corrected chi connectivity index (χ4v) is 8.67. The third-order valence-corrected chi connectivity index (χ3v) is 10.8. The van der Waals surface area contributed by atoms with E-state index in [1.54, 1.807) is 0 Å². The third-order valence-electron chi connectivity index (χ3n) is 6.23. The fraction of sp³-hybridized carbons (Fsp3) is 0.200. The van der Waals surface area contributed by atoms with Crippen LogP contribution in [-0.2, 0) is 6.42 Å². The maximum Gasteiger partial charge on any atom is 0.112 e. The van der Waals surface area contributed by atoms with Crippen LogP contribution >= 0.6 is 7.26 Å². The van der Waals surface area contributed by atoms with E-state index in [1.807, 2.05) is 0 Å². The predicted octanol–water partition coefficient (Wildman–Crippen LogP) is 3.54. The van der Waals surface area contributed by atoms with Crippen LogP contribution in [0.5, 0.6) is 0 Å². The minimum atomic E-state index is -1.75. The molecular formula is C30H32BrP. The molecule has 0 heterocycles. The first-order valence-electron chi connectivity index (χ1n) is 11.2. The molecular weight excluding hydrogens is 471 g/mol. The molecule has 0 spiro atoms. The smallest absolute Gasteiger partial charge is 0.112 e. The molecule has 0 unspecified atom stereocenters. The highest BCUT2D eigenvalue weighted by molar-refractivity contribution is 7.95. The first kappa shape index (κ1) is 24.4. The Kier molecular flexibility index (Phi) is 8.46. The van der Waals surface area contributed by atoms with Gasteiger partial charge in [0.25, 0.3) is 0 Å². The number of rotatable bonds is 7. The van der Waals surface area contributed by atoms with Crippen molar-refractivity contribution < 1.29 is 17.0 Å². The maximum absolute atomic E-state index is 2.38. The highest BCUT2D eigenvalue weighted by atomic mass is 79.9. The van der Waals surface area contributed by atoms with Crippen molar-refractivity contribution in [2.75, 3.05) is 6.16 Å². The van der Waals surface area contributed by atoms with Crippen molar-refractivity contribution in [3.63, 3.8) is 0 Å². The van der Waals surface area contributed by atoms with E-state index in [-0.39, 0.29) is 17.0 Å². The molecule has 164 valence electrons. The van der Waals surface area contributed by atoms with Gasteiger partial charge in [-0.05, 0) is 75.6 Å². The summed E-state index contributed by atoms with van der Waals surface area (Å²) in [6, 6.07) is 38.9. The topological polar surface area (TPSA) is 0 Å². The fourth-order valence-electron chi connectivity index (χ4n) is 4.40. The average molecular weight is 503 g/mol. The van der Waals surface area contributed by atoms with Crippen LogP contribution in [0.1, 0.15) is 28.7 Å². The molecule has 32 heavy (non-hydrogen) atoms. The number of halogens is 1. The molecule has 0 amide bonds. The Morgan fingerprint density at radius 2 is 0.875 bits per heavy atom. The Hall–Kier alpha value is -2.21. The minimum absolute atomic E-state index is 0. The molecule has 4 aromatic carbocycles. The SMILES string of the molecule is Cc1ccc([P+](CCCc2ccccc2)(c2ccc(C)cc2)c2ccc(C)cc2)cc1.[Br-]. The molecule has 0 saturated heterocycles. The van der Waals surface area contributed by atoms with E-state index in [2.05, 4.69) is 124 Å². The Balaban J connectivity index is 0.00000289. The summed E-state index contributed by atoms with van der Waals surface area (Å²) in [6.07, 6.45) is 3.47. The quantitative estimate of drug-likeness (QED) is 0.339. The minimum Gasteiger partial charge on any atom is -1.00 e. The summed E-state index contributed by atoms with van der Waals surface area (Å²) in [6.45, 7) is 6.53. The molecule has 4 aromatic rings. The van der Waals surface area contributed by atoms with E-state index >= 15 is 0 Å². The van der Waals surface area contributed by atoms with Crippen LogP contribution in [0.4, 0.5) is 0 Å². The van der Waals surface area contributed by atoms with Gasteiger partial charge in [-0.1, -0.05) is 83.4 Å². The van der Waals surface area contributed by atoms with E-state index in [1.165, 1.54) is 50.8 Å². The molecule has 2 heteroatoms. The van der Waals surface area contributed by atoms with Gasteiger partial charge < -0.3 is 17.0 Å². The van der Waals surface area contributed by atoms with Gasteiger partial charge in [0.15, 0.2) is 0 Å². The molecule has 0 aliphatic carbocycles. The van der Waals surface area contributed by atoms with Gasteiger partial charge in [-0.3, -0.25) is 0 Å². The van der Waals surface area contributed by atoms with Gasteiger partial charge in [-0.2, -0.15) is 0 Å². The van der Waals surface area contributed by atoms with Crippen LogP contribution < -0.4 is 32.9 Å². The van der Waals surface area contributed by atoms with E-state index in [9.17, 15) is 0 Å². The Labute approximate surface area is 204 Å². The summed E-state index contributed by atoms with van der Waals surface area (Å²) in [4.78, 5) is 0. The van der Waals surface area contributed by atoms with E-state index in [0.717, 1.165) is 6.42 Å². The van der Waals surface area contributed by atoms with Crippen LogP contribution in [0.25, 0.3) is 0 Å². The second-order valence-electron chi connectivity index (χ2n) is 8.63. The number of hydrogen-bond donors (Lipinski definition) is 0. The zero-order chi connectivity index (χ0) is 21.7. The lowest BCUT2D eigenvalue weighted by atomic mass is 10.1. The molecule has 0 aliphatic heterocycles. The molecule has 0 fully saturated rings. The van der Waals surface area contributed by atoms with Gasteiger partial charge >= 0.3 is 0 Å². The van der Waals surface area contributed by atoms with Crippen molar-refractivity contribution in [1.29, 1.82) is 0 Å². The van der Waals surface area contributed by atoms with Crippen molar-refractivity contribution in [3.8, 4) is 0 Å². The van der Waals surface area contributed by atoms with Gasteiger partial charge in [0.1, 0.15) is 23.2 Å². The van der Waals surface area contributed by atoms with Crippen LogP contribution in [0.15, 0.2) is 103 Å². The van der Waals surface area contributed by atoms with Gasteiger partial charge in [-0.15, -0.1) is 0 Å². The van der Waals surface area contributed by atoms with Gasteiger partial charge in [0.2, 0.25) is 0 Å². The summed E-state index contributed by atoms with van der Waals surface area (Å²) in [5, 5.41) is 4.46. The summed E-state index contributed by atoms with van der Waals surface area (Å²) in [5.74, 6) is 0. The first-order chi connectivity index (χ1) is 15.1. The van der Waals surface area contributed by atoms with Crippen LogP contribution in [0.2, 0.25) is 0 Å². The van der Waals surface area contributed by atoms with Crippen molar-refractivity contribution in [2.45, 2.75) is 33.6 Å². The van der Waals surface area contributed by atoms with Crippen molar-refractivity contribution in [1.82, 2.24) is 0 Å².